The fourth-order valence-corrected chi connectivity index (χ4v) is 3.09. The second-order valence-electron chi connectivity index (χ2n) is 5.15. The molecule has 0 radical (unpaired) electrons. The van der Waals surface area contributed by atoms with Crippen LogP contribution >= 0.6 is 0 Å². The molecule has 0 amide bonds. The van der Waals surface area contributed by atoms with Crippen molar-refractivity contribution in [2.75, 3.05) is 12.0 Å². The Morgan fingerprint density at radius 1 is 1.33 bits per heavy atom. The molecule has 1 atom stereocenters. The summed E-state index contributed by atoms with van der Waals surface area (Å²) >= 11 is 0. The Bertz CT molecular complexity index is 289. The first-order valence-corrected chi connectivity index (χ1v) is 7.75. The van der Waals surface area contributed by atoms with Gasteiger partial charge in [-0.25, -0.2) is 8.42 Å². The first-order valence-electron chi connectivity index (χ1n) is 5.69. The Morgan fingerprint density at radius 2 is 1.87 bits per heavy atom. The molecule has 4 heteroatoms. The van der Waals surface area contributed by atoms with Gasteiger partial charge in [-0.2, -0.15) is 0 Å². The molecule has 15 heavy (non-hydrogen) atoms. The topological polar surface area (TPSA) is 54.4 Å². The molecular formula is C11H22O3S. The van der Waals surface area contributed by atoms with Crippen molar-refractivity contribution in [3.63, 3.8) is 0 Å². The van der Waals surface area contributed by atoms with Crippen LogP contribution in [0.25, 0.3) is 0 Å². The second-order valence-corrected chi connectivity index (χ2v) is 7.41. The summed E-state index contributed by atoms with van der Waals surface area (Å²) in [5.74, 6) is 0.195. The van der Waals surface area contributed by atoms with Gasteiger partial charge in [0, 0.05) is 12.0 Å². The summed E-state index contributed by atoms with van der Waals surface area (Å²) in [6.45, 7) is 2.12. The monoisotopic (exact) mass is 234 g/mol. The van der Waals surface area contributed by atoms with Gasteiger partial charge in [0.2, 0.25) is 0 Å². The lowest BCUT2D eigenvalue weighted by atomic mass is 9.81. The van der Waals surface area contributed by atoms with Crippen LogP contribution in [0.4, 0.5) is 0 Å². The van der Waals surface area contributed by atoms with Gasteiger partial charge in [0.1, 0.15) is 9.84 Å². The third-order valence-corrected chi connectivity index (χ3v) is 4.57. The van der Waals surface area contributed by atoms with Crippen LogP contribution in [0.1, 0.15) is 45.4 Å². The molecule has 0 bridgehead atoms. The average Bonchev–Trinajstić information content (AvgIpc) is 2.51. The molecule has 0 aliphatic heterocycles. The SMILES string of the molecule is CC1(C(O)CCCS(C)(=O)=O)CCCC1. The lowest BCUT2D eigenvalue weighted by Crippen LogP contribution is -2.29. The van der Waals surface area contributed by atoms with Gasteiger partial charge in [-0.3, -0.25) is 0 Å². The zero-order valence-electron chi connectivity index (χ0n) is 9.70. The zero-order chi connectivity index (χ0) is 11.5. The summed E-state index contributed by atoms with van der Waals surface area (Å²) in [6, 6.07) is 0. The van der Waals surface area contributed by atoms with Gasteiger partial charge in [0.05, 0.1) is 6.10 Å². The predicted molar refractivity (Wildman–Crippen MR) is 61.5 cm³/mol. The molecule has 0 aromatic rings. The number of aliphatic hydroxyl groups is 1. The minimum Gasteiger partial charge on any atom is -0.393 e. The molecule has 1 rings (SSSR count). The normalized spacial score (nSPS) is 22.9. The Kier molecular flexibility index (Phi) is 4.18. The van der Waals surface area contributed by atoms with E-state index in [4.69, 9.17) is 0 Å². The van der Waals surface area contributed by atoms with Gasteiger partial charge >= 0.3 is 0 Å². The molecule has 0 spiro atoms. The summed E-state index contributed by atoms with van der Waals surface area (Å²) in [4.78, 5) is 0. The van der Waals surface area contributed by atoms with Gasteiger partial charge in [-0.15, -0.1) is 0 Å². The van der Waals surface area contributed by atoms with Gasteiger partial charge in [-0.05, 0) is 31.1 Å². The van der Waals surface area contributed by atoms with Crippen LogP contribution in [0, 0.1) is 5.41 Å². The maximum atomic E-state index is 10.9. The van der Waals surface area contributed by atoms with E-state index in [-0.39, 0.29) is 17.3 Å². The van der Waals surface area contributed by atoms with Crippen LogP contribution in [0.2, 0.25) is 0 Å². The molecule has 90 valence electrons. The van der Waals surface area contributed by atoms with Crippen molar-refractivity contribution in [1.82, 2.24) is 0 Å². The van der Waals surface area contributed by atoms with Gasteiger partial charge < -0.3 is 5.11 Å². The van der Waals surface area contributed by atoms with E-state index in [1.54, 1.807) is 0 Å². The number of aliphatic hydroxyl groups excluding tert-OH is 1. The highest BCUT2D eigenvalue weighted by Crippen LogP contribution is 2.41. The number of sulfone groups is 1. The quantitative estimate of drug-likeness (QED) is 0.788. The first-order chi connectivity index (χ1) is 6.83. The van der Waals surface area contributed by atoms with Crippen LogP contribution in [-0.2, 0) is 9.84 Å². The summed E-state index contributed by atoms with van der Waals surface area (Å²) in [6.07, 6.45) is 6.65. The molecule has 1 aliphatic carbocycles. The predicted octanol–water partition coefficient (Wildman–Crippen LogP) is 1.75. The highest BCUT2D eigenvalue weighted by atomic mass is 32.2. The highest BCUT2D eigenvalue weighted by molar-refractivity contribution is 7.90. The van der Waals surface area contributed by atoms with E-state index in [1.165, 1.54) is 19.1 Å². The minimum atomic E-state index is -2.87. The third-order valence-electron chi connectivity index (χ3n) is 3.54. The number of hydrogen-bond donors (Lipinski definition) is 1. The maximum absolute atomic E-state index is 10.9. The van der Waals surface area contributed by atoms with Crippen LogP contribution in [0.3, 0.4) is 0 Å². The lowest BCUT2D eigenvalue weighted by molar-refractivity contribution is 0.0347. The van der Waals surface area contributed by atoms with Crippen molar-refractivity contribution in [3.05, 3.63) is 0 Å². The minimum absolute atomic E-state index is 0.0392. The van der Waals surface area contributed by atoms with E-state index in [0.29, 0.717) is 12.8 Å². The van der Waals surface area contributed by atoms with E-state index < -0.39 is 9.84 Å². The summed E-state index contributed by atoms with van der Waals surface area (Å²) in [7, 11) is -2.87. The highest BCUT2D eigenvalue weighted by Gasteiger charge is 2.35. The van der Waals surface area contributed by atoms with Crippen molar-refractivity contribution < 1.29 is 13.5 Å². The Hall–Kier alpha value is -0.0900. The molecule has 3 nitrogen and oxygen atoms in total. The van der Waals surface area contributed by atoms with Crippen LogP contribution in [-0.4, -0.2) is 31.6 Å². The van der Waals surface area contributed by atoms with Gasteiger partial charge in [0.15, 0.2) is 0 Å². The molecule has 0 saturated heterocycles. The van der Waals surface area contributed by atoms with Crippen molar-refractivity contribution in [3.8, 4) is 0 Å². The molecule has 1 unspecified atom stereocenters. The molecular weight excluding hydrogens is 212 g/mol. The van der Waals surface area contributed by atoms with E-state index in [1.807, 2.05) is 0 Å². The van der Waals surface area contributed by atoms with Crippen molar-refractivity contribution in [2.45, 2.75) is 51.6 Å². The summed E-state index contributed by atoms with van der Waals surface area (Å²) < 4.78 is 21.9. The summed E-state index contributed by atoms with van der Waals surface area (Å²) in [5, 5.41) is 10.0. The fourth-order valence-electron chi connectivity index (χ4n) is 2.40. The molecule has 1 aliphatic rings. The standard InChI is InChI=1S/C11H22O3S/c1-11(7-3-4-8-11)10(12)6-5-9-15(2,13)14/h10,12H,3-9H2,1-2H3. The zero-order valence-corrected chi connectivity index (χ0v) is 10.5. The van der Waals surface area contributed by atoms with Crippen molar-refractivity contribution in [1.29, 1.82) is 0 Å². The number of hydrogen-bond acceptors (Lipinski definition) is 3. The van der Waals surface area contributed by atoms with Crippen LogP contribution < -0.4 is 0 Å². The first kappa shape index (κ1) is 13.0. The number of rotatable bonds is 5. The maximum Gasteiger partial charge on any atom is 0.147 e. The fraction of sp³-hybridized carbons (Fsp3) is 1.00. The molecule has 0 heterocycles. The molecule has 1 fully saturated rings. The molecule has 0 aromatic carbocycles. The van der Waals surface area contributed by atoms with E-state index in [0.717, 1.165) is 12.8 Å². The largest absolute Gasteiger partial charge is 0.393 e. The van der Waals surface area contributed by atoms with Crippen molar-refractivity contribution >= 4 is 9.84 Å². The molecule has 1 N–H and O–H groups in total. The third kappa shape index (κ3) is 4.11. The van der Waals surface area contributed by atoms with E-state index >= 15 is 0 Å². The van der Waals surface area contributed by atoms with Crippen LogP contribution in [0.15, 0.2) is 0 Å². The Morgan fingerprint density at radius 3 is 2.33 bits per heavy atom. The molecule has 0 aromatic heterocycles. The van der Waals surface area contributed by atoms with Gasteiger partial charge in [0.25, 0.3) is 0 Å². The van der Waals surface area contributed by atoms with E-state index in [9.17, 15) is 13.5 Å². The smallest absolute Gasteiger partial charge is 0.147 e. The Labute approximate surface area is 92.8 Å². The van der Waals surface area contributed by atoms with E-state index in [2.05, 4.69) is 6.92 Å². The van der Waals surface area contributed by atoms with Crippen LogP contribution in [0.5, 0.6) is 0 Å². The Balaban J connectivity index is 2.32. The average molecular weight is 234 g/mol. The molecule has 1 saturated carbocycles. The lowest BCUT2D eigenvalue weighted by Gasteiger charge is -2.29. The van der Waals surface area contributed by atoms with Gasteiger partial charge in [-0.1, -0.05) is 19.8 Å². The summed E-state index contributed by atoms with van der Waals surface area (Å²) in [5.41, 5.74) is 0.0392. The van der Waals surface area contributed by atoms with Crippen molar-refractivity contribution in [2.24, 2.45) is 5.41 Å². The second kappa shape index (κ2) is 4.83.